The lowest BCUT2D eigenvalue weighted by atomic mass is 9.76. The van der Waals surface area contributed by atoms with Gasteiger partial charge < -0.3 is 20.1 Å². The maximum Gasteiger partial charge on any atom is 0.273 e. The molecule has 0 saturated heterocycles. The number of carbonyl (C=O) groups excluding carboxylic acids is 3. The fourth-order valence-corrected chi connectivity index (χ4v) is 7.91. The number of hydrazone groups is 1. The van der Waals surface area contributed by atoms with E-state index in [-0.39, 0.29) is 42.9 Å². The zero-order valence-electron chi connectivity index (χ0n) is 33.8. The highest BCUT2D eigenvalue weighted by atomic mass is 35.5. The number of amides is 3. The second-order valence-electron chi connectivity index (χ2n) is 15.2. The molecule has 4 aromatic rings. The van der Waals surface area contributed by atoms with E-state index in [1.807, 2.05) is 13.0 Å². The molecule has 15 heteroatoms. The van der Waals surface area contributed by atoms with Crippen LogP contribution in [0.15, 0.2) is 94.9 Å². The second-order valence-corrected chi connectivity index (χ2v) is 17.7. The Labute approximate surface area is 350 Å². The van der Waals surface area contributed by atoms with E-state index in [1.165, 1.54) is 61.2 Å². The molecule has 2 atom stereocenters. The summed E-state index contributed by atoms with van der Waals surface area (Å²) in [5.41, 5.74) is 2.29. The highest BCUT2D eigenvalue weighted by molar-refractivity contribution is 7.89. The van der Waals surface area contributed by atoms with E-state index >= 15 is 0 Å². The smallest absolute Gasteiger partial charge is 0.273 e. The number of amidine groups is 1. The van der Waals surface area contributed by atoms with E-state index in [0.29, 0.717) is 23.6 Å². The zero-order chi connectivity index (χ0) is 42.6. The van der Waals surface area contributed by atoms with Gasteiger partial charge in [0, 0.05) is 28.9 Å². The summed E-state index contributed by atoms with van der Waals surface area (Å²) < 4.78 is 40.8. The van der Waals surface area contributed by atoms with Crippen molar-refractivity contribution in [2.45, 2.75) is 95.6 Å². The van der Waals surface area contributed by atoms with Gasteiger partial charge in [-0.05, 0) is 72.1 Å². The van der Waals surface area contributed by atoms with Crippen LogP contribution in [0.1, 0.15) is 89.2 Å². The van der Waals surface area contributed by atoms with Crippen LogP contribution >= 0.6 is 23.2 Å². The number of rotatable bonds is 15. The molecule has 3 N–H and O–H groups in total. The Balaban J connectivity index is 1.40. The molecule has 0 aliphatic carbocycles. The lowest BCUT2D eigenvalue weighted by Gasteiger charge is -2.31. The Kier molecular flexibility index (Phi) is 13.6. The summed E-state index contributed by atoms with van der Waals surface area (Å²) in [5, 5.41) is 10.5. The van der Waals surface area contributed by atoms with Crippen molar-refractivity contribution >= 4 is 68.2 Å². The molecule has 0 spiro atoms. The fraction of sp³-hybridized carbons (Fsp3) is 0.349. The third-order valence-corrected chi connectivity index (χ3v) is 12.5. The van der Waals surface area contributed by atoms with Crippen LogP contribution in [0.2, 0.25) is 10.0 Å². The Morgan fingerprint density at radius 2 is 1.52 bits per heavy atom. The third kappa shape index (κ3) is 9.66. The molecule has 2 unspecified atom stereocenters. The standard InChI is InChI=1S/C43H49Cl2N5O7S/c1-9-34(57-35-21-20-27(42(4,5)10-2)23-31(35)43(6,7)11-3)40(52)46-28-17-15-16-26(22-28)39(51)47-38-36(49-58(54,55)30-18-13-12-14-19-30)41(53)50(48-38)37-32(44)24-29(56-8)25-33(37)45/h12-25,34,36,49H,9-11H2,1-8H3,(H,46,52)(H,47,48,51). The summed E-state index contributed by atoms with van der Waals surface area (Å²) in [6, 6.07) is 20.9. The van der Waals surface area contributed by atoms with Crippen LogP contribution in [-0.2, 0) is 30.4 Å². The minimum absolute atomic E-state index is 0.0146. The summed E-state index contributed by atoms with van der Waals surface area (Å²) in [6.45, 7) is 14.9. The van der Waals surface area contributed by atoms with Crippen molar-refractivity contribution < 1.29 is 32.3 Å². The van der Waals surface area contributed by atoms with Crippen LogP contribution in [0.25, 0.3) is 0 Å². The van der Waals surface area contributed by atoms with Crippen molar-refractivity contribution in [1.29, 1.82) is 0 Å². The van der Waals surface area contributed by atoms with Crippen LogP contribution in [0.3, 0.4) is 0 Å². The fourth-order valence-electron chi connectivity index (χ4n) is 6.10. The molecule has 0 bridgehead atoms. The lowest BCUT2D eigenvalue weighted by Crippen LogP contribution is -2.51. The maximum atomic E-state index is 13.9. The van der Waals surface area contributed by atoms with Gasteiger partial charge in [-0.1, -0.05) is 108 Å². The van der Waals surface area contributed by atoms with Crippen molar-refractivity contribution in [3.05, 3.63) is 112 Å². The molecule has 1 aliphatic rings. The molecular weight excluding hydrogens is 801 g/mol. The first-order chi connectivity index (χ1) is 27.3. The molecule has 5 rings (SSSR count). The molecule has 0 saturated carbocycles. The number of anilines is 2. The lowest BCUT2D eigenvalue weighted by molar-refractivity contribution is -0.123. The van der Waals surface area contributed by atoms with E-state index in [2.05, 4.69) is 74.1 Å². The van der Waals surface area contributed by atoms with Gasteiger partial charge in [0.15, 0.2) is 18.0 Å². The van der Waals surface area contributed by atoms with E-state index in [1.54, 1.807) is 18.2 Å². The summed E-state index contributed by atoms with van der Waals surface area (Å²) in [4.78, 5) is 41.3. The number of hydrogen-bond donors (Lipinski definition) is 3. The second kappa shape index (κ2) is 17.9. The van der Waals surface area contributed by atoms with Gasteiger partial charge in [0.1, 0.15) is 17.2 Å². The number of halogens is 2. The minimum Gasteiger partial charge on any atom is -0.497 e. The normalized spacial score (nSPS) is 15.1. The Hall–Kier alpha value is -4.95. The van der Waals surface area contributed by atoms with Gasteiger partial charge in [0.2, 0.25) is 10.0 Å². The zero-order valence-corrected chi connectivity index (χ0v) is 36.1. The van der Waals surface area contributed by atoms with Crippen molar-refractivity contribution in [1.82, 2.24) is 10.0 Å². The highest BCUT2D eigenvalue weighted by Gasteiger charge is 2.42. The number of sulfonamides is 1. The Bertz CT molecular complexity index is 2310. The molecule has 308 valence electrons. The molecule has 0 aromatic heterocycles. The van der Waals surface area contributed by atoms with E-state index in [9.17, 15) is 22.8 Å². The van der Waals surface area contributed by atoms with E-state index in [4.69, 9.17) is 32.7 Å². The summed E-state index contributed by atoms with van der Waals surface area (Å²) >= 11 is 13.0. The Morgan fingerprint density at radius 3 is 2.12 bits per heavy atom. The summed E-state index contributed by atoms with van der Waals surface area (Å²) in [5.74, 6) is -1.44. The number of nitrogens with zero attached hydrogens (tertiary/aromatic N) is 2. The first kappa shape index (κ1) is 44.2. The molecular formula is C43H49Cl2N5O7S. The number of carbonyl (C=O) groups is 3. The highest BCUT2D eigenvalue weighted by Crippen LogP contribution is 2.40. The summed E-state index contributed by atoms with van der Waals surface area (Å²) in [7, 11) is -2.88. The van der Waals surface area contributed by atoms with Crippen LogP contribution in [-0.4, -0.2) is 51.2 Å². The maximum absolute atomic E-state index is 13.9. The van der Waals surface area contributed by atoms with E-state index in [0.717, 1.165) is 23.4 Å². The molecule has 4 aromatic carbocycles. The van der Waals surface area contributed by atoms with Crippen LogP contribution in [0.5, 0.6) is 11.5 Å². The molecule has 3 amide bonds. The molecule has 58 heavy (non-hydrogen) atoms. The number of methoxy groups -OCH3 is 1. The van der Waals surface area contributed by atoms with Gasteiger partial charge in [-0.15, -0.1) is 5.10 Å². The summed E-state index contributed by atoms with van der Waals surface area (Å²) in [6.07, 6.45) is 1.34. The monoisotopic (exact) mass is 849 g/mol. The average Bonchev–Trinajstić information content (AvgIpc) is 3.48. The first-order valence-electron chi connectivity index (χ1n) is 18.9. The van der Waals surface area contributed by atoms with Gasteiger partial charge in [0.25, 0.3) is 17.7 Å². The van der Waals surface area contributed by atoms with Gasteiger partial charge in [-0.3, -0.25) is 14.4 Å². The van der Waals surface area contributed by atoms with Gasteiger partial charge in [-0.25, -0.2) is 8.42 Å². The molecule has 1 heterocycles. The molecule has 12 nitrogen and oxygen atoms in total. The molecule has 1 aliphatic heterocycles. The predicted octanol–water partition coefficient (Wildman–Crippen LogP) is 8.61. The number of ether oxygens (including phenoxy) is 2. The first-order valence-corrected chi connectivity index (χ1v) is 21.2. The SMILES string of the molecule is CCC(Oc1ccc(C(C)(C)CC)cc1C(C)(C)CC)C(=O)Nc1cccc(C(=O)NC2=NN(c3c(Cl)cc(OC)cc3Cl)C(=O)C2NS(=O)(=O)c2ccccc2)c1. The van der Waals surface area contributed by atoms with Crippen molar-refractivity contribution in [2.75, 3.05) is 17.4 Å². The van der Waals surface area contributed by atoms with Crippen molar-refractivity contribution in [2.24, 2.45) is 5.10 Å². The topological polar surface area (TPSA) is 155 Å². The third-order valence-electron chi connectivity index (χ3n) is 10.5. The van der Waals surface area contributed by atoms with Crippen LogP contribution < -0.4 is 29.8 Å². The van der Waals surface area contributed by atoms with Crippen molar-refractivity contribution in [3.8, 4) is 11.5 Å². The largest absolute Gasteiger partial charge is 0.497 e. The van der Waals surface area contributed by atoms with Gasteiger partial charge >= 0.3 is 0 Å². The van der Waals surface area contributed by atoms with Gasteiger partial charge in [-0.2, -0.15) is 9.73 Å². The molecule has 0 radical (unpaired) electrons. The molecule has 0 fully saturated rings. The number of nitrogens with one attached hydrogen (secondary N) is 3. The van der Waals surface area contributed by atoms with Crippen LogP contribution in [0, 0.1) is 0 Å². The average molecular weight is 851 g/mol. The Morgan fingerprint density at radius 1 is 0.862 bits per heavy atom. The predicted molar refractivity (Wildman–Crippen MR) is 229 cm³/mol. The van der Waals surface area contributed by atoms with E-state index < -0.39 is 39.9 Å². The minimum atomic E-state index is -4.30. The number of benzene rings is 4. The van der Waals surface area contributed by atoms with Gasteiger partial charge in [0.05, 0.1) is 22.1 Å². The van der Waals surface area contributed by atoms with Crippen LogP contribution in [0.4, 0.5) is 11.4 Å². The van der Waals surface area contributed by atoms with Crippen molar-refractivity contribution in [3.63, 3.8) is 0 Å². The quantitative estimate of drug-likeness (QED) is 0.108. The number of hydrogen-bond acceptors (Lipinski definition) is 8.